The molecule has 2 aromatic rings. The average Bonchev–Trinajstić information content (AvgIpc) is 3.29. The molecule has 0 bridgehead atoms. The zero-order chi connectivity index (χ0) is 23.1. The summed E-state index contributed by atoms with van der Waals surface area (Å²) in [4.78, 5) is 28.3. The number of halogens is 2. The Bertz CT molecular complexity index is 945. The van der Waals surface area contributed by atoms with Crippen molar-refractivity contribution >= 4 is 35.0 Å². The summed E-state index contributed by atoms with van der Waals surface area (Å²) in [7, 11) is 1.61. The zero-order valence-electron chi connectivity index (χ0n) is 18.6. The molecule has 5 nitrogen and oxygen atoms in total. The molecule has 2 amide bonds. The van der Waals surface area contributed by atoms with Gasteiger partial charge in [-0.25, -0.2) is 0 Å². The quantitative estimate of drug-likeness (QED) is 0.526. The maximum atomic E-state index is 13.4. The van der Waals surface area contributed by atoms with Crippen molar-refractivity contribution < 1.29 is 14.3 Å². The van der Waals surface area contributed by atoms with Crippen molar-refractivity contribution in [2.45, 2.75) is 64.1 Å². The molecule has 1 atom stereocenters. The van der Waals surface area contributed by atoms with Gasteiger partial charge in [-0.2, -0.15) is 0 Å². The van der Waals surface area contributed by atoms with Crippen LogP contribution >= 0.6 is 23.2 Å². The average molecular weight is 477 g/mol. The third-order valence-corrected chi connectivity index (χ3v) is 6.65. The Kier molecular flexibility index (Phi) is 8.83. The normalized spacial score (nSPS) is 14.8. The molecule has 1 saturated carbocycles. The highest BCUT2D eigenvalue weighted by atomic mass is 35.5. The maximum absolute atomic E-state index is 13.4. The van der Waals surface area contributed by atoms with Gasteiger partial charge in [-0.1, -0.05) is 61.2 Å². The molecule has 1 aliphatic rings. The van der Waals surface area contributed by atoms with Crippen LogP contribution < -0.4 is 10.1 Å². The lowest BCUT2D eigenvalue weighted by Gasteiger charge is -2.31. The van der Waals surface area contributed by atoms with Crippen LogP contribution in [0.1, 0.15) is 50.2 Å². The Morgan fingerprint density at radius 1 is 1.09 bits per heavy atom. The number of nitrogens with one attached hydrogen (secondary N) is 1. The van der Waals surface area contributed by atoms with E-state index in [2.05, 4.69) is 5.32 Å². The largest absolute Gasteiger partial charge is 0.497 e. The van der Waals surface area contributed by atoms with Gasteiger partial charge >= 0.3 is 0 Å². The monoisotopic (exact) mass is 476 g/mol. The highest BCUT2D eigenvalue weighted by molar-refractivity contribution is 6.42. The van der Waals surface area contributed by atoms with E-state index in [0.29, 0.717) is 28.8 Å². The molecular weight excluding hydrogens is 447 g/mol. The molecule has 1 N–H and O–H groups in total. The lowest BCUT2D eigenvalue weighted by Crippen LogP contribution is -2.51. The van der Waals surface area contributed by atoms with Gasteiger partial charge < -0.3 is 15.0 Å². The van der Waals surface area contributed by atoms with Gasteiger partial charge in [0.1, 0.15) is 11.8 Å². The Balaban J connectivity index is 1.84. The van der Waals surface area contributed by atoms with Crippen molar-refractivity contribution in [3.63, 3.8) is 0 Å². The second-order valence-corrected chi connectivity index (χ2v) is 9.03. The lowest BCUT2D eigenvalue weighted by molar-refractivity contribution is -0.141. The number of hydrogen-bond donors (Lipinski definition) is 1. The second kappa shape index (κ2) is 11.6. The SMILES string of the molecule is CC[C@H](C(=O)NC1CCCC1)N(Cc1cccc(OC)c1)C(=O)Cc1ccc(Cl)c(Cl)c1. The van der Waals surface area contributed by atoms with E-state index in [1.54, 1.807) is 30.2 Å². The smallest absolute Gasteiger partial charge is 0.243 e. The molecule has 3 rings (SSSR count). The summed E-state index contributed by atoms with van der Waals surface area (Å²) >= 11 is 12.2. The molecule has 0 radical (unpaired) electrons. The molecule has 2 aromatic carbocycles. The summed E-state index contributed by atoms with van der Waals surface area (Å²) in [5.41, 5.74) is 1.66. The molecule has 1 aliphatic carbocycles. The molecule has 7 heteroatoms. The van der Waals surface area contributed by atoms with Gasteiger partial charge in [-0.3, -0.25) is 9.59 Å². The first kappa shape index (κ1) is 24.4. The van der Waals surface area contributed by atoms with Gasteiger partial charge in [0.05, 0.1) is 23.6 Å². The molecular formula is C25H30Cl2N2O3. The van der Waals surface area contributed by atoms with Crippen molar-refractivity contribution in [1.82, 2.24) is 10.2 Å². The maximum Gasteiger partial charge on any atom is 0.243 e. The van der Waals surface area contributed by atoms with Gasteiger partial charge in [0, 0.05) is 12.6 Å². The summed E-state index contributed by atoms with van der Waals surface area (Å²) in [5, 5.41) is 4.01. The number of carbonyl (C=O) groups excluding carboxylic acids is 2. The third-order valence-electron chi connectivity index (χ3n) is 5.91. The van der Waals surface area contributed by atoms with Crippen molar-refractivity contribution in [2.75, 3.05) is 7.11 Å². The van der Waals surface area contributed by atoms with E-state index in [9.17, 15) is 9.59 Å². The van der Waals surface area contributed by atoms with E-state index >= 15 is 0 Å². The van der Waals surface area contributed by atoms with Crippen LogP contribution in [0.25, 0.3) is 0 Å². The number of carbonyl (C=O) groups is 2. The zero-order valence-corrected chi connectivity index (χ0v) is 20.1. The van der Waals surface area contributed by atoms with Crippen molar-refractivity contribution in [2.24, 2.45) is 0 Å². The van der Waals surface area contributed by atoms with E-state index in [0.717, 1.165) is 36.8 Å². The molecule has 0 aromatic heterocycles. The predicted octanol–water partition coefficient (Wildman–Crippen LogP) is 5.41. The van der Waals surface area contributed by atoms with Gasteiger partial charge in [-0.15, -0.1) is 0 Å². The van der Waals surface area contributed by atoms with Crippen molar-refractivity contribution in [1.29, 1.82) is 0 Å². The van der Waals surface area contributed by atoms with Crippen LogP contribution in [0.2, 0.25) is 10.0 Å². The van der Waals surface area contributed by atoms with E-state index in [1.807, 2.05) is 31.2 Å². The number of benzene rings is 2. The number of ether oxygens (including phenoxy) is 1. The number of rotatable bonds is 9. The van der Waals surface area contributed by atoms with Gasteiger partial charge in [-0.05, 0) is 54.7 Å². The summed E-state index contributed by atoms with van der Waals surface area (Å²) < 4.78 is 5.33. The van der Waals surface area contributed by atoms with Gasteiger partial charge in [0.25, 0.3) is 0 Å². The third kappa shape index (κ3) is 6.39. The summed E-state index contributed by atoms with van der Waals surface area (Å²) in [6.07, 6.45) is 4.91. The fraction of sp³-hybridized carbons (Fsp3) is 0.440. The second-order valence-electron chi connectivity index (χ2n) is 8.21. The number of nitrogens with zero attached hydrogens (tertiary/aromatic N) is 1. The van der Waals surface area contributed by atoms with Crippen LogP contribution in [0.5, 0.6) is 5.75 Å². The number of amides is 2. The minimum Gasteiger partial charge on any atom is -0.497 e. The Morgan fingerprint density at radius 2 is 1.84 bits per heavy atom. The highest BCUT2D eigenvalue weighted by Crippen LogP contribution is 2.24. The topological polar surface area (TPSA) is 58.6 Å². The van der Waals surface area contributed by atoms with Crippen LogP contribution in [0.15, 0.2) is 42.5 Å². The summed E-state index contributed by atoms with van der Waals surface area (Å²) in [6.45, 7) is 2.25. The molecule has 0 heterocycles. The van der Waals surface area contributed by atoms with E-state index < -0.39 is 6.04 Å². The fourth-order valence-corrected chi connectivity index (χ4v) is 4.50. The first-order valence-electron chi connectivity index (χ1n) is 11.1. The van der Waals surface area contributed by atoms with E-state index in [1.165, 1.54) is 0 Å². The molecule has 1 fully saturated rings. The van der Waals surface area contributed by atoms with E-state index in [-0.39, 0.29) is 24.3 Å². The van der Waals surface area contributed by atoms with Crippen molar-refractivity contribution in [3.05, 3.63) is 63.6 Å². The molecule has 0 spiro atoms. The fourth-order valence-electron chi connectivity index (χ4n) is 4.18. The van der Waals surface area contributed by atoms with Crippen LogP contribution in [0, 0.1) is 0 Å². The molecule has 0 unspecified atom stereocenters. The first-order chi connectivity index (χ1) is 15.4. The molecule has 0 aliphatic heterocycles. The summed E-state index contributed by atoms with van der Waals surface area (Å²) in [6, 6.07) is 12.4. The minimum atomic E-state index is -0.558. The standard InChI is InChI=1S/C25H30Cl2N2O3/c1-3-23(25(31)28-19-8-4-5-9-19)29(16-18-7-6-10-20(13-18)32-2)24(30)15-17-11-12-21(26)22(27)14-17/h6-7,10-14,19,23H,3-5,8-9,15-16H2,1-2H3,(H,28,31)/t23-/m1/s1. The minimum absolute atomic E-state index is 0.0928. The summed E-state index contributed by atoms with van der Waals surface area (Å²) in [5.74, 6) is 0.479. The predicted molar refractivity (Wildman–Crippen MR) is 128 cm³/mol. The van der Waals surface area contributed by atoms with Crippen molar-refractivity contribution in [3.8, 4) is 5.75 Å². The van der Waals surface area contributed by atoms with Gasteiger partial charge in [0.2, 0.25) is 11.8 Å². The van der Waals surface area contributed by atoms with Crippen LogP contribution in [0.4, 0.5) is 0 Å². The van der Waals surface area contributed by atoms with Gasteiger partial charge in [0.15, 0.2) is 0 Å². The van der Waals surface area contributed by atoms with Crippen LogP contribution in [-0.2, 0) is 22.6 Å². The molecule has 172 valence electrons. The van der Waals surface area contributed by atoms with Crippen LogP contribution in [0.3, 0.4) is 0 Å². The first-order valence-corrected chi connectivity index (χ1v) is 11.8. The molecule has 32 heavy (non-hydrogen) atoms. The lowest BCUT2D eigenvalue weighted by atomic mass is 10.1. The Morgan fingerprint density at radius 3 is 2.50 bits per heavy atom. The van der Waals surface area contributed by atoms with E-state index in [4.69, 9.17) is 27.9 Å². The number of hydrogen-bond acceptors (Lipinski definition) is 3. The number of methoxy groups -OCH3 is 1. The Labute approximate surface area is 200 Å². The van der Waals surface area contributed by atoms with Crippen LogP contribution in [-0.4, -0.2) is 35.9 Å². The Hall–Kier alpha value is -2.24. The highest BCUT2D eigenvalue weighted by Gasteiger charge is 2.30. The molecule has 0 saturated heterocycles.